The molecule has 0 radical (unpaired) electrons. The summed E-state index contributed by atoms with van der Waals surface area (Å²) in [6.45, 7) is -0.558. The van der Waals surface area contributed by atoms with Gasteiger partial charge < -0.3 is 4.74 Å². The van der Waals surface area contributed by atoms with Gasteiger partial charge in [-0.3, -0.25) is 0 Å². The van der Waals surface area contributed by atoms with Crippen molar-refractivity contribution >= 4 is 23.4 Å². The van der Waals surface area contributed by atoms with Crippen molar-refractivity contribution < 1.29 is 26.7 Å². The van der Waals surface area contributed by atoms with Crippen LogP contribution in [0.25, 0.3) is 5.69 Å². The molecule has 0 amide bonds. The Morgan fingerprint density at radius 1 is 1.20 bits per heavy atom. The van der Waals surface area contributed by atoms with Crippen molar-refractivity contribution in [1.82, 2.24) is 19.8 Å². The minimum absolute atomic E-state index is 0.00129. The average Bonchev–Trinajstić information content (AvgIpc) is 2.98. The van der Waals surface area contributed by atoms with Gasteiger partial charge in [-0.2, -0.15) is 31.3 Å². The van der Waals surface area contributed by atoms with Crippen molar-refractivity contribution in [2.24, 2.45) is 7.05 Å². The third-order valence-electron chi connectivity index (χ3n) is 3.90. The Bertz CT molecular complexity index is 1120. The summed E-state index contributed by atoms with van der Waals surface area (Å²) in [6, 6.07) is 6.93. The largest absolute Gasteiger partial charge is 0.488 e. The summed E-state index contributed by atoms with van der Waals surface area (Å²) in [4.78, 5) is 12.2. The van der Waals surface area contributed by atoms with E-state index in [1.54, 1.807) is 0 Å². The van der Waals surface area contributed by atoms with Gasteiger partial charge in [0.25, 0.3) is 5.76 Å². The van der Waals surface area contributed by atoms with Gasteiger partial charge in [-0.05, 0) is 40.8 Å². The maximum Gasteiger partial charge on any atom is 0.419 e. The Labute approximate surface area is 175 Å². The van der Waals surface area contributed by atoms with Gasteiger partial charge in [-0.1, -0.05) is 29.4 Å². The lowest BCUT2D eigenvalue weighted by Gasteiger charge is -2.17. The number of rotatable bonds is 6. The van der Waals surface area contributed by atoms with E-state index in [1.807, 2.05) is 0 Å². The second-order valence-electron chi connectivity index (χ2n) is 5.86. The summed E-state index contributed by atoms with van der Waals surface area (Å²) in [5.74, 6) is -3.39. The van der Waals surface area contributed by atoms with Crippen LogP contribution < -0.4 is 10.4 Å². The number of ether oxygens (including phenoxy) is 1. The zero-order valence-electron chi connectivity index (χ0n) is 15.0. The van der Waals surface area contributed by atoms with E-state index in [4.69, 9.17) is 16.3 Å². The van der Waals surface area contributed by atoms with Gasteiger partial charge in [0.2, 0.25) is 0 Å². The molecule has 0 aliphatic carbocycles. The van der Waals surface area contributed by atoms with Gasteiger partial charge in [-0.25, -0.2) is 4.79 Å². The Kier molecular flexibility index (Phi) is 6.36. The number of tetrazole rings is 1. The number of hydrogen-bond acceptors (Lipinski definition) is 5. The van der Waals surface area contributed by atoms with Crippen molar-refractivity contribution in [1.29, 1.82) is 0 Å². The van der Waals surface area contributed by atoms with Crippen LogP contribution in [0.3, 0.4) is 0 Å². The zero-order valence-corrected chi connectivity index (χ0v) is 16.6. The normalized spacial score (nSPS) is 11.9. The highest BCUT2D eigenvalue weighted by Gasteiger charge is 2.34. The highest BCUT2D eigenvalue weighted by atomic mass is 35.5. The minimum atomic E-state index is -4.72. The zero-order chi connectivity index (χ0) is 22.1. The van der Waals surface area contributed by atoms with Crippen LogP contribution in [0.4, 0.5) is 22.0 Å². The van der Waals surface area contributed by atoms with Gasteiger partial charge in [-0.15, -0.1) is 0 Å². The molecule has 160 valence electrons. The van der Waals surface area contributed by atoms with E-state index < -0.39 is 35.5 Å². The molecule has 0 aliphatic rings. The van der Waals surface area contributed by atoms with Crippen LogP contribution in [0.2, 0.25) is 5.02 Å². The van der Waals surface area contributed by atoms with E-state index in [2.05, 4.69) is 10.4 Å². The van der Waals surface area contributed by atoms with E-state index >= 15 is 0 Å². The summed E-state index contributed by atoms with van der Waals surface area (Å²) in [5.41, 5.74) is -1.66. The van der Waals surface area contributed by atoms with Crippen molar-refractivity contribution in [3.05, 3.63) is 63.0 Å². The fourth-order valence-electron chi connectivity index (χ4n) is 2.57. The lowest BCUT2D eigenvalue weighted by Crippen LogP contribution is -2.23. The van der Waals surface area contributed by atoms with E-state index in [1.165, 1.54) is 25.2 Å². The molecule has 13 heteroatoms. The van der Waals surface area contributed by atoms with Gasteiger partial charge in [0.05, 0.1) is 11.3 Å². The molecule has 0 bridgehead atoms. The quantitative estimate of drug-likeness (QED) is 0.394. The van der Waals surface area contributed by atoms with Crippen LogP contribution in [0, 0.1) is 0 Å². The molecule has 0 atom stereocenters. The summed E-state index contributed by atoms with van der Waals surface area (Å²) >= 11 is 5.94. The Hall–Kier alpha value is -2.60. The van der Waals surface area contributed by atoms with Crippen molar-refractivity contribution in [2.75, 3.05) is 0 Å². The standard InChI is InChI=1S/C17H12ClF5N4O2S/c1-26-16(28)27(25-24-26)12-3-2-4-14(30-15(19)20)10(12)8-29-13-7-9(18)5-6-11(13)17(21,22)23/h2-7,15H,8H2,1H3. The molecule has 3 aromatic rings. The number of thioether (sulfide) groups is 1. The molecule has 0 fully saturated rings. The first-order valence-corrected chi connectivity index (χ1v) is 9.39. The first kappa shape index (κ1) is 22.1. The number of aryl methyl sites for hydroxylation is 1. The molecule has 2 aromatic carbocycles. The van der Waals surface area contributed by atoms with E-state index in [0.29, 0.717) is 0 Å². The second kappa shape index (κ2) is 8.64. The monoisotopic (exact) mass is 466 g/mol. The summed E-state index contributed by atoms with van der Waals surface area (Å²) in [5, 5.41) is 7.21. The third-order valence-corrected chi connectivity index (χ3v) is 4.94. The number of nitrogens with zero attached hydrogens (tertiary/aromatic N) is 4. The van der Waals surface area contributed by atoms with E-state index in [9.17, 15) is 26.7 Å². The van der Waals surface area contributed by atoms with Crippen molar-refractivity contribution in [2.45, 2.75) is 23.4 Å². The first-order valence-electron chi connectivity index (χ1n) is 8.13. The van der Waals surface area contributed by atoms with Crippen LogP contribution in [-0.2, 0) is 19.8 Å². The number of hydrogen-bond donors (Lipinski definition) is 0. The van der Waals surface area contributed by atoms with Crippen LogP contribution in [0.1, 0.15) is 11.1 Å². The minimum Gasteiger partial charge on any atom is -0.488 e. The maximum atomic E-state index is 13.3. The lowest BCUT2D eigenvalue weighted by molar-refractivity contribution is -0.139. The molecule has 3 rings (SSSR count). The molecule has 1 heterocycles. The van der Waals surface area contributed by atoms with Crippen LogP contribution in [0.5, 0.6) is 5.75 Å². The number of alkyl halides is 5. The molecule has 0 aliphatic heterocycles. The number of halogens is 6. The highest BCUT2D eigenvalue weighted by molar-refractivity contribution is 7.99. The molecule has 0 N–H and O–H groups in total. The average molecular weight is 467 g/mol. The van der Waals surface area contributed by atoms with Gasteiger partial charge in [0, 0.05) is 22.5 Å². The molecule has 0 saturated heterocycles. The van der Waals surface area contributed by atoms with Crippen molar-refractivity contribution in [3.63, 3.8) is 0 Å². The predicted molar refractivity (Wildman–Crippen MR) is 99.2 cm³/mol. The molecule has 0 unspecified atom stereocenters. The maximum absolute atomic E-state index is 13.3. The fourth-order valence-corrected chi connectivity index (χ4v) is 3.39. The predicted octanol–water partition coefficient (Wildman–Crippen LogP) is 4.53. The molecule has 1 aromatic heterocycles. The SMILES string of the molecule is Cn1nnn(-c2cccc(SC(F)F)c2COc2cc(Cl)ccc2C(F)(F)F)c1=O. The Morgan fingerprint density at radius 2 is 1.93 bits per heavy atom. The topological polar surface area (TPSA) is 61.9 Å². The van der Waals surface area contributed by atoms with E-state index in [0.717, 1.165) is 27.6 Å². The summed E-state index contributed by atoms with van der Waals surface area (Å²) in [6.07, 6.45) is -4.72. The molecular weight excluding hydrogens is 455 g/mol. The first-order chi connectivity index (χ1) is 14.1. The smallest absolute Gasteiger partial charge is 0.419 e. The molecular formula is C17H12ClF5N4O2S. The van der Waals surface area contributed by atoms with E-state index in [-0.39, 0.29) is 32.9 Å². The van der Waals surface area contributed by atoms with Crippen molar-refractivity contribution in [3.8, 4) is 11.4 Å². The fraction of sp³-hybridized carbons (Fsp3) is 0.235. The molecule has 0 saturated carbocycles. The summed E-state index contributed by atoms with van der Waals surface area (Å²) in [7, 11) is 1.33. The molecule has 30 heavy (non-hydrogen) atoms. The van der Waals surface area contributed by atoms with Gasteiger partial charge in [0.1, 0.15) is 12.4 Å². The molecule has 0 spiro atoms. The molecule has 6 nitrogen and oxygen atoms in total. The van der Waals surface area contributed by atoms with Gasteiger partial charge >= 0.3 is 11.9 Å². The number of aromatic nitrogens is 4. The highest BCUT2D eigenvalue weighted by Crippen LogP contribution is 2.39. The van der Waals surface area contributed by atoms with Crippen LogP contribution >= 0.6 is 23.4 Å². The Morgan fingerprint density at radius 3 is 2.53 bits per heavy atom. The third kappa shape index (κ3) is 4.75. The van der Waals surface area contributed by atoms with Crippen LogP contribution in [0.15, 0.2) is 46.1 Å². The summed E-state index contributed by atoms with van der Waals surface area (Å²) < 4.78 is 72.9. The number of benzene rings is 2. The van der Waals surface area contributed by atoms with Gasteiger partial charge in [0.15, 0.2) is 0 Å². The Balaban J connectivity index is 2.06. The van der Waals surface area contributed by atoms with Crippen LogP contribution in [-0.4, -0.2) is 25.5 Å². The second-order valence-corrected chi connectivity index (χ2v) is 7.32. The lowest BCUT2D eigenvalue weighted by atomic mass is 10.1.